The summed E-state index contributed by atoms with van der Waals surface area (Å²) in [7, 11) is 0. The van der Waals surface area contributed by atoms with E-state index >= 15 is 0 Å². The van der Waals surface area contributed by atoms with E-state index in [9.17, 15) is 0 Å². The zero-order valence-electron chi connectivity index (χ0n) is 15.0. The third-order valence-electron chi connectivity index (χ3n) is 5.41. The van der Waals surface area contributed by atoms with Gasteiger partial charge in [0, 0.05) is 11.1 Å². The lowest BCUT2D eigenvalue weighted by Gasteiger charge is -2.17. The Morgan fingerprint density at radius 2 is 1.77 bits per heavy atom. The molecule has 0 aromatic heterocycles. The molecule has 2 heteroatoms. The van der Waals surface area contributed by atoms with Crippen molar-refractivity contribution >= 4 is 29.1 Å². The molecule has 2 unspecified atom stereocenters. The molecule has 2 aliphatic rings. The van der Waals surface area contributed by atoms with Crippen molar-refractivity contribution in [3.8, 4) is 11.8 Å². The summed E-state index contributed by atoms with van der Waals surface area (Å²) < 4.78 is 0. The summed E-state index contributed by atoms with van der Waals surface area (Å²) in [4.78, 5) is 3.96. The molecule has 2 atom stereocenters. The van der Waals surface area contributed by atoms with Crippen molar-refractivity contribution in [2.75, 3.05) is 0 Å². The van der Waals surface area contributed by atoms with Crippen LogP contribution in [0.25, 0.3) is 6.08 Å². The van der Waals surface area contributed by atoms with E-state index in [0.717, 1.165) is 35.1 Å². The molecule has 26 heavy (non-hydrogen) atoms. The van der Waals surface area contributed by atoms with Gasteiger partial charge in [-0.05, 0) is 97.3 Å². The number of benzene rings is 2. The first-order chi connectivity index (χ1) is 12.7. The van der Waals surface area contributed by atoms with Crippen LogP contribution in [-0.4, -0.2) is 5.16 Å². The summed E-state index contributed by atoms with van der Waals surface area (Å²) in [5.74, 6) is 8.39. The first-order valence-electron chi connectivity index (χ1n) is 9.23. The molecule has 4 rings (SSSR count). The number of thiocarbonyl (C=S) groups is 1. The maximum atomic E-state index is 4.62. The van der Waals surface area contributed by atoms with Crippen molar-refractivity contribution in [3.63, 3.8) is 0 Å². The van der Waals surface area contributed by atoms with Gasteiger partial charge < -0.3 is 0 Å². The third-order valence-corrected chi connectivity index (χ3v) is 5.50. The van der Waals surface area contributed by atoms with Crippen molar-refractivity contribution in [3.05, 3.63) is 70.3 Å². The number of aliphatic imine (C=N–C) groups is 1. The Hall–Kier alpha value is -2.46. The molecule has 0 N–H and O–H groups in total. The molecule has 2 aliphatic carbocycles. The van der Waals surface area contributed by atoms with Crippen LogP contribution in [0.2, 0.25) is 0 Å². The van der Waals surface area contributed by atoms with Crippen LogP contribution in [0.15, 0.2) is 53.0 Å². The second-order valence-corrected chi connectivity index (χ2v) is 7.58. The van der Waals surface area contributed by atoms with E-state index in [2.05, 4.69) is 65.4 Å². The Morgan fingerprint density at radius 1 is 1.04 bits per heavy atom. The minimum absolute atomic E-state index is 0.808. The topological polar surface area (TPSA) is 12.4 Å². The number of fused-ring (bicyclic) bond motifs is 1. The van der Waals surface area contributed by atoms with E-state index in [0.29, 0.717) is 0 Å². The highest BCUT2D eigenvalue weighted by Crippen LogP contribution is 2.44. The predicted molar refractivity (Wildman–Crippen MR) is 112 cm³/mol. The predicted octanol–water partition coefficient (Wildman–Crippen LogP) is 6.20. The molecular weight excluding hydrogens is 334 g/mol. The minimum Gasteiger partial charge on any atom is -0.195 e. The number of aryl methyl sites for hydroxylation is 1. The van der Waals surface area contributed by atoms with Crippen LogP contribution < -0.4 is 0 Å². The van der Waals surface area contributed by atoms with Gasteiger partial charge in [-0.15, -0.1) is 0 Å². The Morgan fingerprint density at radius 3 is 2.50 bits per heavy atom. The molecule has 1 fully saturated rings. The molecule has 0 heterocycles. The summed E-state index contributed by atoms with van der Waals surface area (Å²) in [5.41, 5.74) is 7.30. The van der Waals surface area contributed by atoms with Crippen molar-refractivity contribution in [1.82, 2.24) is 0 Å². The normalized spacial score (nSPS) is 20.1. The molecule has 1 nitrogen and oxygen atoms in total. The smallest absolute Gasteiger partial charge is 0.0740 e. The van der Waals surface area contributed by atoms with Gasteiger partial charge in [-0.25, -0.2) is 0 Å². The first-order valence-corrected chi connectivity index (χ1v) is 9.64. The zero-order valence-corrected chi connectivity index (χ0v) is 15.8. The van der Waals surface area contributed by atoms with E-state index in [4.69, 9.17) is 0 Å². The van der Waals surface area contributed by atoms with Crippen LogP contribution in [0.3, 0.4) is 0 Å². The Labute approximate surface area is 160 Å². The fraction of sp³-hybridized carbons (Fsp3) is 0.292. The highest BCUT2D eigenvalue weighted by atomic mass is 32.1. The average Bonchev–Trinajstić information content (AvgIpc) is 3.36. The lowest BCUT2D eigenvalue weighted by molar-refractivity contribution is 0.710. The summed E-state index contributed by atoms with van der Waals surface area (Å²) in [5, 5.41) is 2.38. The Balaban J connectivity index is 1.49. The molecule has 0 saturated heterocycles. The lowest BCUT2D eigenvalue weighted by Crippen LogP contribution is -2.01. The second-order valence-electron chi connectivity index (χ2n) is 7.39. The van der Waals surface area contributed by atoms with Crippen molar-refractivity contribution in [1.29, 1.82) is 0 Å². The molecule has 0 spiro atoms. The standard InChI is InChI=1S/C24H21NS/c1-17-12-23(17)15-20-5-9-21-13-19(4-8-22(21)14-20)3-2-18-6-10-24(11-7-18)25-16-26/h4,6-8,10-11,13-14,17,23H,5,9,12,15H2,1H3. The number of hydrogen-bond acceptors (Lipinski definition) is 2. The molecule has 1 saturated carbocycles. The molecule has 0 aliphatic heterocycles. The molecule has 0 bridgehead atoms. The van der Waals surface area contributed by atoms with E-state index in [1.165, 1.54) is 30.4 Å². The Kier molecular flexibility index (Phi) is 4.85. The number of nitrogens with zero attached hydrogens (tertiary/aromatic N) is 1. The van der Waals surface area contributed by atoms with Gasteiger partial charge >= 0.3 is 0 Å². The van der Waals surface area contributed by atoms with Gasteiger partial charge in [0.25, 0.3) is 0 Å². The van der Waals surface area contributed by atoms with Crippen molar-refractivity contribution in [2.45, 2.75) is 32.6 Å². The lowest BCUT2D eigenvalue weighted by atomic mass is 9.88. The van der Waals surface area contributed by atoms with Crippen LogP contribution in [-0.2, 0) is 6.42 Å². The summed E-state index contributed by atoms with van der Waals surface area (Å²) >= 11 is 4.62. The first kappa shape index (κ1) is 17.0. The highest BCUT2D eigenvalue weighted by Gasteiger charge is 2.33. The molecule has 2 aromatic rings. The number of isothiocyanates is 1. The van der Waals surface area contributed by atoms with Crippen LogP contribution in [0.1, 0.15) is 48.4 Å². The molecular formula is C24H21NS. The van der Waals surface area contributed by atoms with Crippen LogP contribution in [0.5, 0.6) is 0 Å². The fourth-order valence-corrected chi connectivity index (χ4v) is 3.73. The maximum Gasteiger partial charge on any atom is 0.0740 e. The van der Waals surface area contributed by atoms with Gasteiger partial charge in [-0.3, -0.25) is 0 Å². The number of rotatable bonds is 3. The molecule has 0 amide bonds. The third kappa shape index (κ3) is 4.02. The van der Waals surface area contributed by atoms with E-state index < -0.39 is 0 Å². The van der Waals surface area contributed by atoms with Crippen molar-refractivity contribution < 1.29 is 0 Å². The fourth-order valence-electron chi connectivity index (χ4n) is 3.63. The number of allylic oxidation sites excluding steroid dienone is 1. The maximum absolute atomic E-state index is 4.62. The summed E-state index contributed by atoms with van der Waals surface area (Å²) in [6.45, 7) is 2.37. The molecule has 0 radical (unpaired) electrons. The average molecular weight is 356 g/mol. The molecule has 128 valence electrons. The van der Waals surface area contributed by atoms with E-state index in [1.54, 1.807) is 5.57 Å². The van der Waals surface area contributed by atoms with Gasteiger partial charge in [0.2, 0.25) is 0 Å². The van der Waals surface area contributed by atoms with Gasteiger partial charge in [0.15, 0.2) is 0 Å². The van der Waals surface area contributed by atoms with Gasteiger partial charge in [-0.1, -0.05) is 36.5 Å². The van der Waals surface area contributed by atoms with Crippen molar-refractivity contribution in [2.24, 2.45) is 16.8 Å². The summed E-state index contributed by atoms with van der Waals surface area (Å²) in [6.07, 6.45) is 7.47. The monoisotopic (exact) mass is 355 g/mol. The summed E-state index contributed by atoms with van der Waals surface area (Å²) in [6, 6.07) is 14.4. The second kappa shape index (κ2) is 7.42. The van der Waals surface area contributed by atoms with Crippen LogP contribution in [0.4, 0.5) is 5.69 Å². The number of hydrogen-bond donors (Lipinski definition) is 0. The van der Waals surface area contributed by atoms with E-state index in [-0.39, 0.29) is 0 Å². The highest BCUT2D eigenvalue weighted by molar-refractivity contribution is 7.78. The quantitative estimate of drug-likeness (QED) is 0.363. The van der Waals surface area contributed by atoms with Crippen LogP contribution >= 0.6 is 12.2 Å². The largest absolute Gasteiger partial charge is 0.195 e. The zero-order chi connectivity index (χ0) is 17.9. The minimum atomic E-state index is 0.808. The van der Waals surface area contributed by atoms with E-state index in [1.807, 2.05) is 24.3 Å². The molecule has 2 aromatic carbocycles. The van der Waals surface area contributed by atoms with Crippen LogP contribution in [0, 0.1) is 23.7 Å². The SMILES string of the molecule is CC1CC1CC1=Cc2ccc(C#Cc3ccc(N=C=S)cc3)cc2CC1. The van der Waals surface area contributed by atoms with Gasteiger partial charge in [0.1, 0.15) is 0 Å². The van der Waals surface area contributed by atoms with Gasteiger partial charge in [-0.2, -0.15) is 4.99 Å². The Bertz CT molecular complexity index is 966. The van der Waals surface area contributed by atoms with Gasteiger partial charge in [0.05, 0.1) is 10.8 Å².